The second kappa shape index (κ2) is 6.85. The lowest BCUT2D eigenvalue weighted by Crippen LogP contribution is -2.35. The number of nitrogens with zero attached hydrogens (tertiary/aromatic N) is 3. The van der Waals surface area contributed by atoms with E-state index in [4.69, 9.17) is 5.84 Å². The van der Waals surface area contributed by atoms with Crippen molar-refractivity contribution in [1.82, 2.24) is 14.9 Å². The van der Waals surface area contributed by atoms with Crippen LogP contribution in [0.1, 0.15) is 13.8 Å². The second-order valence-corrected chi connectivity index (χ2v) is 4.48. The zero-order chi connectivity index (χ0) is 15.2. The molecule has 7 heteroatoms. The number of fused-ring (bicyclic) bond motifs is 1. The first-order chi connectivity index (χ1) is 10.2. The van der Waals surface area contributed by atoms with Crippen molar-refractivity contribution in [3.05, 3.63) is 24.3 Å². The Balaban J connectivity index is 2.23. The molecule has 1 aromatic heterocycles. The van der Waals surface area contributed by atoms with Gasteiger partial charge in [-0.05, 0) is 26.0 Å². The van der Waals surface area contributed by atoms with E-state index in [1.165, 1.54) is 0 Å². The largest absolute Gasteiger partial charge is 0.360 e. The number of nitrogens with two attached hydrogens (primary N) is 1. The maximum absolute atomic E-state index is 12.0. The molecule has 0 fully saturated rings. The van der Waals surface area contributed by atoms with Crippen LogP contribution in [-0.2, 0) is 4.79 Å². The van der Waals surface area contributed by atoms with E-state index in [2.05, 4.69) is 20.7 Å². The van der Waals surface area contributed by atoms with E-state index in [9.17, 15) is 4.79 Å². The molecule has 7 nitrogen and oxygen atoms in total. The number of rotatable bonds is 6. The summed E-state index contributed by atoms with van der Waals surface area (Å²) in [6.45, 7) is 5.48. The topological polar surface area (TPSA) is 96.2 Å². The monoisotopic (exact) mass is 288 g/mol. The molecule has 0 radical (unpaired) electrons. The third-order valence-electron chi connectivity index (χ3n) is 3.26. The molecule has 0 saturated carbocycles. The van der Waals surface area contributed by atoms with Gasteiger partial charge < -0.3 is 10.2 Å². The summed E-state index contributed by atoms with van der Waals surface area (Å²) in [5, 5.41) is 3.92. The van der Waals surface area contributed by atoms with Crippen molar-refractivity contribution in [3.63, 3.8) is 0 Å². The summed E-state index contributed by atoms with van der Waals surface area (Å²) in [7, 11) is 0. The van der Waals surface area contributed by atoms with Gasteiger partial charge in [-0.1, -0.05) is 12.1 Å². The Labute approximate surface area is 123 Å². The van der Waals surface area contributed by atoms with Crippen LogP contribution in [0.15, 0.2) is 24.3 Å². The van der Waals surface area contributed by atoms with Gasteiger partial charge in [0.1, 0.15) is 5.82 Å². The van der Waals surface area contributed by atoms with Gasteiger partial charge >= 0.3 is 0 Å². The van der Waals surface area contributed by atoms with E-state index in [1.54, 1.807) is 4.90 Å². The maximum Gasteiger partial charge on any atom is 0.241 e. The van der Waals surface area contributed by atoms with Gasteiger partial charge in [0.25, 0.3) is 0 Å². The van der Waals surface area contributed by atoms with Gasteiger partial charge in [-0.25, -0.2) is 10.8 Å². The average molecular weight is 288 g/mol. The number of hydrazine groups is 1. The molecule has 2 aromatic rings. The molecular weight excluding hydrogens is 268 g/mol. The average Bonchev–Trinajstić information content (AvgIpc) is 2.53. The van der Waals surface area contributed by atoms with Crippen LogP contribution in [0.3, 0.4) is 0 Å². The highest BCUT2D eigenvalue weighted by atomic mass is 16.2. The molecule has 0 spiro atoms. The highest BCUT2D eigenvalue weighted by Crippen LogP contribution is 2.21. The molecule has 0 unspecified atom stereocenters. The van der Waals surface area contributed by atoms with Crippen molar-refractivity contribution in [2.24, 2.45) is 5.84 Å². The van der Waals surface area contributed by atoms with Crippen LogP contribution < -0.4 is 16.6 Å². The molecule has 0 aliphatic carbocycles. The fraction of sp³-hybridized carbons (Fsp3) is 0.357. The van der Waals surface area contributed by atoms with Gasteiger partial charge in [-0.2, -0.15) is 4.98 Å². The van der Waals surface area contributed by atoms with E-state index in [0.29, 0.717) is 24.9 Å². The maximum atomic E-state index is 12.0. The van der Waals surface area contributed by atoms with Crippen LogP contribution in [0.5, 0.6) is 0 Å². The second-order valence-electron chi connectivity index (χ2n) is 4.48. The Morgan fingerprint density at radius 3 is 2.62 bits per heavy atom. The van der Waals surface area contributed by atoms with Crippen LogP contribution in [0.2, 0.25) is 0 Å². The van der Waals surface area contributed by atoms with Gasteiger partial charge in [0.2, 0.25) is 11.9 Å². The smallest absolute Gasteiger partial charge is 0.241 e. The summed E-state index contributed by atoms with van der Waals surface area (Å²) >= 11 is 0. The first-order valence-electron chi connectivity index (χ1n) is 6.94. The van der Waals surface area contributed by atoms with Crippen LogP contribution >= 0.6 is 0 Å². The summed E-state index contributed by atoms with van der Waals surface area (Å²) in [5.41, 5.74) is 3.20. The van der Waals surface area contributed by atoms with E-state index >= 15 is 0 Å². The molecule has 0 aliphatic heterocycles. The van der Waals surface area contributed by atoms with Crippen LogP contribution in [0.4, 0.5) is 11.8 Å². The predicted octanol–water partition coefficient (Wildman–Crippen LogP) is 1.20. The summed E-state index contributed by atoms with van der Waals surface area (Å²) in [6.07, 6.45) is 0. The number of carbonyl (C=O) groups excluding carboxylic acids is 1. The summed E-state index contributed by atoms with van der Waals surface area (Å²) in [5.74, 6) is 6.31. The number of carbonyl (C=O) groups is 1. The van der Waals surface area contributed by atoms with Crippen LogP contribution in [-0.4, -0.2) is 40.4 Å². The molecule has 2 rings (SSSR count). The molecule has 0 saturated heterocycles. The fourth-order valence-electron chi connectivity index (χ4n) is 2.12. The summed E-state index contributed by atoms with van der Waals surface area (Å²) < 4.78 is 0. The summed E-state index contributed by atoms with van der Waals surface area (Å²) in [6, 6.07) is 7.56. The molecule has 1 aromatic carbocycles. The Bertz CT molecular complexity index is 626. The van der Waals surface area contributed by atoms with Crippen molar-refractivity contribution >= 4 is 28.6 Å². The molecule has 0 bridgehead atoms. The Kier molecular flexibility index (Phi) is 4.89. The van der Waals surface area contributed by atoms with Gasteiger partial charge in [0.05, 0.1) is 12.1 Å². The zero-order valence-corrected chi connectivity index (χ0v) is 12.3. The van der Waals surface area contributed by atoms with Crippen LogP contribution in [0, 0.1) is 0 Å². The normalized spacial score (nSPS) is 10.4. The minimum atomic E-state index is 0.0324. The molecule has 112 valence electrons. The molecule has 0 atom stereocenters. The van der Waals surface area contributed by atoms with Crippen molar-refractivity contribution in [3.8, 4) is 0 Å². The third kappa shape index (κ3) is 3.38. The number of benzene rings is 1. The molecular formula is C14H20N6O. The van der Waals surface area contributed by atoms with E-state index in [0.717, 1.165) is 10.9 Å². The molecule has 1 amide bonds. The van der Waals surface area contributed by atoms with E-state index in [-0.39, 0.29) is 12.5 Å². The number of nitrogen functional groups attached to an aromatic ring is 1. The van der Waals surface area contributed by atoms with Gasteiger partial charge in [-0.3, -0.25) is 10.2 Å². The number of hydrogen-bond acceptors (Lipinski definition) is 6. The Hall–Kier alpha value is -2.41. The number of amides is 1. The third-order valence-corrected chi connectivity index (χ3v) is 3.26. The predicted molar refractivity (Wildman–Crippen MR) is 83.8 cm³/mol. The van der Waals surface area contributed by atoms with Crippen molar-refractivity contribution < 1.29 is 4.79 Å². The van der Waals surface area contributed by atoms with Crippen molar-refractivity contribution in [1.29, 1.82) is 0 Å². The molecule has 4 N–H and O–H groups in total. The molecule has 21 heavy (non-hydrogen) atoms. The van der Waals surface area contributed by atoms with Gasteiger partial charge in [0, 0.05) is 18.5 Å². The van der Waals surface area contributed by atoms with Crippen molar-refractivity contribution in [2.75, 3.05) is 30.4 Å². The van der Waals surface area contributed by atoms with E-state index in [1.807, 2.05) is 38.1 Å². The zero-order valence-electron chi connectivity index (χ0n) is 12.3. The van der Waals surface area contributed by atoms with E-state index < -0.39 is 0 Å². The lowest BCUT2D eigenvalue weighted by atomic mass is 10.2. The van der Waals surface area contributed by atoms with Gasteiger partial charge in [0.15, 0.2) is 0 Å². The number of anilines is 2. The highest BCUT2D eigenvalue weighted by molar-refractivity contribution is 5.91. The minimum absolute atomic E-state index is 0.0324. The lowest BCUT2D eigenvalue weighted by molar-refractivity contribution is -0.128. The number of likely N-dealkylation sites (N-methyl/N-ethyl adjacent to an activating group) is 1. The first-order valence-corrected chi connectivity index (χ1v) is 6.94. The fourth-order valence-corrected chi connectivity index (χ4v) is 2.12. The quantitative estimate of drug-likeness (QED) is 0.546. The molecule has 1 heterocycles. The standard InChI is InChI=1S/C14H20N6O/c1-3-20(4-2)12(21)9-16-13-10-7-5-6-8-11(10)17-14(18-13)19-15/h5-8H,3-4,9,15H2,1-2H3,(H2,16,17,18,19). The van der Waals surface area contributed by atoms with Gasteiger partial charge in [-0.15, -0.1) is 0 Å². The number of nitrogens with one attached hydrogen (secondary N) is 2. The number of hydrogen-bond donors (Lipinski definition) is 3. The first kappa shape index (κ1) is 15.0. The van der Waals surface area contributed by atoms with Crippen molar-refractivity contribution in [2.45, 2.75) is 13.8 Å². The lowest BCUT2D eigenvalue weighted by Gasteiger charge is -2.19. The number of para-hydroxylation sites is 1. The van der Waals surface area contributed by atoms with Crippen LogP contribution in [0.25, 0.3) is 10.9 Å². The summed E-state index contributed by atoms with van der Waals surface area (Å²) in [4.78, 5) is 22.4. The Morgan fingerprint density at radius 1 is 1.24 bits per heavy atom. The molecule has 0 aliphatic rings. The number of aromatic nitrogens is 2. The highest BCUT2D eigenvalue weighted by Gasteiger charge is 2.11. The SMILES string of the molecule is CCN(CC)C(=O)CNc1nc(NN)nc2ccccc12. The Morgan fingerprint density at radius 2 is 1.95 bits per heavy atom. The minimum Gasteiger partial charge on any atom is -0.360 e.